The minimum atomic E-state index is -0.593. The first-order valence-electron chi connectivity index (χ1n) is 5.17. The van der Waals surface area contributed by atoms with E-state index < -0.39 is 5.79 Å². The molecule has 82 valence electrons. The van der Waals surface area contributed by atoms with Crippen molar-refractivity contribution in [3.63, 3.8) is 0 Å². The Morgan fingerprint density at radius 2 is 1.73 bits per heavy atom. The molecular weight excluding hydrogens is 192 g/mol. The zero-order chi connectivity index (χ0) is 10.7. The summed E-state index contributed by atoms with van der Waals surface area (Å²) in [6, 6.07) is 7.79. The highest BCUT2D eigenvalue weighted by atomic mass is 16.7. The summed E-state index contributed by atoms with van der Waals surface area (Å²) in [6.07, 6.45) is 0.964. The summed E-state index contributed by atoms with van der Waals surface area (Å²) in [4.78, 5) is 0. The van der Waals surface area contributed by atoms with Crippen molar-refractivity contribution in [2.75, 3.05) is 20.3 Å². The highest BCUT2D eigenvalue weighted by Gasteiger charge is 2.30. The van der Waals surface area contributed by atoms with E-state index in [-0.39, 0.29) is 0 Å². The van der Waals surface area contributed by atoms with Crippen molar-refractivity contribution in [3.05, 3.63) is 29.8 Å². The maximum Gasteiger partial charge on any atom is 0.191 e. The third-order valence-corrected chi connectivity index (χ3v) is 2.66. The fourth-order valence-corrected chi connectivity index (χ4v) is 1.69. The van der Waals surface area contributed by atoms with E-state index in [0.717, 1.165) is 30.9 Å². The quantitative estimate of drug-likeness (QED) is 0.746. The molecule has 1 saturated heterocycles. The second kappa shape index (κ2) is 4.21. The van der Waals surface area contributed by atoms with E-state index in [1.165, 1.54) is 0 Å². The van der Waals surface area contributed by atoms with Crippen LogP contribution in [0.1, 0.15) is 18.9 Å². The van der Waals surface area contributed by atoms with Gasteiger partial charge in [0, 0.05) is 5.56 Å². The molecule has 1 aliphatic heterocycles. The van der Waals surface area contributed by atoms with Crippen LogP contribution >= 0.6 is 0 Å². The summed E-state index contributed by atoms with van der Waals surface area (Å²) in [7, 11) is 1.66. The van der Waals surface area contributed by atoms with Crippen molar-refractivity contribution in [2.45, 2.75) is 19.1 Å². The first kappa shape index (κ1) is 10.5. The van der Waals surface area contributed by atoms with E-state index in [4.69, 9.17) is 14.2 Å². The van der Waals surface area contributed by atoms with E-state index in [1.807, 2.05) is 31.2 Å². The predicted octanol–water partition coefficient (Wildman–Crippen LogP) is 2.30. The van der Waals surface area contributed by atoms with Crippen LogP contribution in [0.2, 0.25) is 0 Å². The van der Waals surface area contributed by atoms with Gasteiger partial charge in [-0.25, -0.2) is 0 Å². The van der Waals surface area contributed by atoms with Crippen LogP contribution in [-0.4, -0.2) is 20.3 Å². The van der Waals surface area contributed by atoms with Gasteiger partial charge < -0.3 is 14.2 Å². The highest BCUT2D eigenvalue weighted by Crippen LogP contribution is 2.30. The molecule has 0 aliphatic carbocycles. The molecular formula is C12H16O3. The predicted molar refractivity (Wildman–Crippen MR) is 56.9 cm³/mol. The molecule has 0 atom stereocenters. The Bertz CT molecular complexity index is 312. The number of hydrogen-bond acceptors (Lipinski definition) is 3. The van der Waals surface area contributed by atoms with Gasteiger partial charge in [0.1, 0.15) is 5.75 Å². The minimum Gasteiger partial charge on any atom is -0.497 e. The van der Waals surface area contributed by atoms with Crippen LogP contribution in [-0.2, 0) is 15.3 Å². The highest BCUT2D eigenvalue weighted by molar-refractivity contribution is 5.29. The second-order valence-corrected chi connectivity index (χ2v) is 3.72. The molecule has 0 radical (unpaired) electrons. The van der Waals surface area contributed by atoms with Crippen LogP contribution in [0.5, 0.6) is 5.75 Å². The van der Waals surface area contributed by atoms with Crippen molar-refractivity contribution >= 4 is 0 Å². The van der Waals surface area contributed by atoms with Gasteiger partial charge in [-0.3, -0.25) is 0 Å². The van der Waals surface area contributed by atoms with Crippen LogP contribution < -0.4 is 4.74 Å². The molecule has 1 fully saturated rings. The van der Waals surface area contributed by atoms with Gasteiger partial charge in [-0.05, 0) is 37.6 Å². The Labute approximate surface area is 90.0 Å². The molecule has 1 heterocycles. The van der Waals surface area contributed by atoms with Crippen molar-refractivity contribution in [2.24, 2.45) is 0 Å². The third-order valence-electron chi connectivity index (χ3n) is 2.66. The Hall–Kier alpha value is -1.06. The Kier molecular flexibility index (Phi) is 2.93. The lowest BCUT2D eigenvalue weighted by molar-refractivity contribution is -0.264. The topological polar surface area (TPSA) is 27.7 Å². The van der Waals surface area contributed by atoms with Gasteiger partial charge in [0.25, 0.3) is 0 Å². The van der Waals surface area contributed by atoms with E-state index in [1.54, 1.807) is 7.11 Å². The SMILES string of the molecule is COc1ccc(C2(C)OCCCO2)cc1. The number of hydrogen-bond donors (Lipinski definition) is 0. The van der Waals surface area contributed by atoms with Crippen LogP contribution in [0.4, 0.5) is 0 Å². The molecule has 1 aromatic carbocycles. The van der Waals surface area contributed by atoms with E-state index >= 15 is 0 Å². The lowest BCUT2D eigenvalue weighted by Crippen LogP contribution is -2.34. The zero-order valence-electron chi connectivity index (χ0n) is 9.16. The number of rotatable bonds is 2. The summed E-state index contributed by atoms with van der Waals surface area (Å²) in [5.41, 5.74) is 1.03. The fourth-order valence-electron chi connectivity index (χ4n) is 1.69. The molecule has 0 aromatic heterocycles. The van der Waals surface area contributed by atoms with Gasteiger partial charge in [0.05, 0.1) is 20.3 Å². The van der Waals surface area contributed by atoms with Gasteiger partial charge in [0.15, 0.2) is 5.79 Å². The summed E-state index contributed by atoms with van der Waals surface area (Å²) in [5, 5.41) is 0. The first-order chi connectivity index (χ1) is 7.24. The molecule has 0 unspecified atom stereocenters. The summed E-state index contributed by atoms with van der Waals surface area (Å²) >= 11 is 0. The fraction of sp³-hybridized carbons (Fsp3) is 0.500. The largest absolute Gasteiger partial charge is 0.497 e. The van der Waals surface area contributed by atoms with Crippen LogP contribution in [0.15, 0.2) is 24.3 Å². The second-order valence-electron chi connectivity index (χ2n) is 3.72. The molecule has 3 nitrogen and oxygen atoms in total. The monoisotopic (exact) mass is 208 g/mol. The molecule has 1 aliphatic rings. The maximum atomic E-state index is 5.66. The van der Waals surface area contributed by atoms with E-state index in [0.29, 0.717) is 0 Å². The van der Waals surface area contributed by atoms with E-state index in [2.05, 4.69) is 0 Å². The molecule has 2 rings (SSSR count). The van der Waals surface area contributed by atoms with Crippen molar-refractivity contribution in [1.29, 1.82) is 0 Å². The molecule has 15 heavy (non-hydrogen) atoms. The molecule has 0 N–H and O–H groups in total. The maximum absolute atomic E-state index is 5.66. The third kappa shape index (κ3) is 2.13. The average molecular weight is 208 g/mol. The van der Waals surface area contributed by atoms with Crippen molar-refractivity contribution < 1.29 is 14.2 Å². The van der Waals surface area contributed by atoms with Crippen LogP contribution in [0.25, 0.3) is 0 Å². The average Bonchev–Trinajstić information content (AvgIpc) is 2.30. The van der Waals surface area contributed by atoms with Gasteiger partial charge in [-0.15, -0.1) is 0 Å². The van der Waals surface area contributed by atoms with Crippen LogP contribution in [0, 0.1) is 0 Å². The van der Waals surface area contributed by atoms with Crippen molar-refractivity contribution in [1.82, 2.24) is 0 Å². The lowest BCUT2D eigenvalue weighted by Gasteiger charge is -2.34. The van der Waals surface area contributed by atoms with Gasteiger partial charge >= 0.3 is 0 Å². The summed E-state index contributed by atoms with van der Waals surface area (Å²) < 4.78 is 16.4. The zero-order valence-corrected chi connectivity index (χ0v) is 9.16. The van der Waals surface area contributed by atoms with Crippen LogP contribution in [0.3, 0.4) is 0 Å². The molecule has 0 amide bonds. The minimum absolute atomic E-state index is 0.593. The normalized spacial score (nSPS) is 19.9. The molecule has 0 saturated carbocycles. The lowest BCUT2D eigenvalue weighted by atomic mass is 10.1. The molecule has 0 bridgehead atoms. The summed E-state index contributed by atoms with van der Waals surface area (Å²) in [5.74, 6) is 0.253. The number of ether oxygens (including phenoxy) is 3. The van der Waals surface area contributed by atoms with Gasteiger partial charge in [0.2, 0.25) is 0 Å². The van der Waals surface area contributed by atoms with Gasteiger partial charge in [-0.1, -0.05) is 0 Å². The Morgan fingerprint density at radius 3 is 2.27 bits per heavy atom. The number of benzene rings is 1. The summed E-state index contributed by atoms with van der Waals surface area (Å²) in [6.45, 7) is 3.46. The standard InChI is InChI=1S/C12H16O3/c1-12(14-8-3-9-15-12)10-4-6-11(13-2)7-5-10/h4-7H,3,8-9H2,1-2H3. The molecule has 3 heteroatoms. The van der Waals surface area contributed by atoms with Crippen molar-refractivity contribution in [3.8, 4) is 5.75 Å². The first-order valence-corrected chi connectivity index (χ1v) is 5.17. The van der Waals surface area contributed by atoms with E-state index in [9.17, 15) is 0 Å². The number of methoxy groups -OCH3 is 1. The smallest absolute Gasteiger partial charge is 0.191 e. The molecule has 0 spiro atoms. The Morgan fingerprint density at radius 1 is 1.13 bits per heavy atom. The Balaban J connectivity index is 2.20. The molecule has 1 aromatic rings. The van der Waals surface area contributed by atoms with Gasteiger partial charge in [-0.2, -0.15) is 0 Å².